The summed E-state index contributed by atoms with van der Waals surface area (Å²) in [4.78, 5) is 1.17. The highest BCUT2D eigenvalue weighted by molar-refractivity contribution is 8.00. The van der Waals surface area contributed by atoms with Crippen LogP contribution in [0, 0.1) is 0 Å². The van der Waals surface area contributed by atoms with Gasteiger partial charge in [-0.25, -0.2) is 0 Å². The second-order valence-electron chi connectivity index (χ2n) is 4.26. The minimum absolute atomic E-state index is 0.177. The number of ether oxygens (including phenoxy) is 1. The molecular formula is C14H23NO2S. The van der Waals surface area contributed by atoms with Gasteiger partial charge in [0, 0.05) is 21.8 Å². The third-order valence-electron chi connectivity index (χ3n) is 2.77. The van der Waals surface area contributed by atoms with Crippen molar-refractivity contribution in [2.75, 3.05) is 20.3 Å². The van der Waals surface area contributed by atoms with Crippen LogP contribution in [0.15, 0.2) is 23.1 Å². The van der Waals surface area contributed by atoms with Crippen LogP contribution >= 0.6 is 11.8 Å². The van der Waals surface area contributed by atoms with E-state index in [1.165, 1.54) is 10.5 Å². The summed E-state index contributed by atoms with van der Waals surface area (Å²) < 4.78 is 5.45. The molecule has 0 amide bonds. The monoisotopic (exact) mass is 269 g/mol. The molecule has 1 aromatic carbocycles. The Hall–Kier alpha value is -0.710. The second-order valence-corrected chi connectivity index (χ2v) is 5.74. The van der Waals surface area contributed by atoms with Crippen LogP contribution in [0.4, 0.5) is 0 Å². The molecule has 3 nitrogen and oxygen atoms in total. The van der Waals surface area contributed by atoms with Gasteiger partial charge in [-0.3, -0.25) is 0 Å². The molecule has 0 spiro atoms. The lowest BCUT2D eigenvalue weighted by molar-refractivity contribution is 0.300. The van der Waals surface area contributed by atoms with Crippen molar-refractivity contribution >= 4 is 11.8 Å². The maximum atomic E-state index is 9.19. The zero-order valence-corrected chi connectivity index (χ0v) is 12.4. The first-order chi connectivity index (χ1) is 8.63. The van der Waals surface area contributed by atoms with Crippen molar-refractivity contribution in [1.82, 2.24) is 5.32 Å². The highest BCUT2D eigenvalue weighted by Crippen LogP contribution is 2.36. The molecule has 0 aliphatic carbocycles. The van der Waals surface area contributed by atoms with Crippen molar-refractivity contribution in [3.63, 3.8) is 0 Å². The quantitative estimate of drug-likeness (QED) is 0.747. The minimum atomic E-state index is 0.177. The van der Waals surface area contributed by atoms with Crippen LogP contribution in [0.2, 0.25) is 0 Å². The average molecular weight is 269 g/mol. The number of benzene rings is 1. The molecule has 1 aromatic rings. The van der Waals surface area contributed by atoms with Crippen LogP contribution < -0.4 is 10.1 Å². The van der Waals surface area contributed by atoms with E-state index < -0.39 is 0 Å². The van der Waals surface area contributed by atoms with Crippen LogP contribution in [0.3, 0.4) is 0 Å². The number of aliphatic hydroxyl groups excluding tert-OH is 1. The Morgan fingerprint density at radius 2 is 2.11 bits per heavy atom. The Bertz CT molecular complexity index is 371. The molecule has 0 aliphatic heterocycles. The van der Waals surface area contributed by atoms with E-state index >= 15 is 0 Å². The number of hydrogen-bond donors (Lipinski definition) is 2. The minimum Gasteiger partial charge on any atom is -0.496 e. The smallest absolute Gasteiger partial charge is 0.124 e. The molecule has 102 valence electrons. The lowest BCUT2D eigenvalue weighted by Gasteiger charge is -2.21. The first-order valence-corrected chi connectivity index (χ1v) is 7.19. The zero-order valence-electron chi connectivity index (χ0n) is 11.6. The highest BCUT2D eigenvalue weighted by atomic mass is 32.2. The number of rotatable bonds is 7. The summed E-state index contributed by atoms with van der Waals surface area (Å²) in [6.45, 7) is 7.34. The number of nitrogens with one attached hydrogen (secondary N) is 1. The van der Waals surface area contributed by atoms with Gasteiger partial charge in [-0.1, -0.05) is 19.9 Å². The molecule has 2 atom stereocenters. The van der Waals surface area contributed by atoms with Crippen LogP contribution in [0.25, 0.3) is 0 Å². The van der Waals surface area contributed by atoms with Crippen molar-refractivity contribution in [3.05, 3.63) is 23.8 Å². The van der Waals surface area contributed by atoms with Gasteiger partial charge in [0.15, 0.2) is 0 Å². The molecule has 18 heavy (non-hydrogen) atoms. The summed E-state index contributed by atoms with van der Waals surface area (Å²) in [6.07, 6.45) is 0. The fourth-order valence-corrected chi connectivity index (χ4v) is 2.96. The average Bonchev–Trinajstić information content (AvgIpc) is 2.38. The van der Waals surface area contributed by atoms with Crippen LogP contribution in [0.5, 0.6) is 5.75 Å². The van der Waals surface area contributed by atoms with Crippen LogP contribution in [-0.2, 0) is 0 Å². The molecule has 2 N–H and O–H groups in total. The van der Waals surface area contributed by atoms with Crippen molar-refractivity contribution in [2.45, 2.75) is 37.0 Å². The van der Waals surface area contributed by atoms with E-state index in [0.717, 1.165) is 12.3 Å². The number of methoxy groups -OCH3 is 1. The molecule has 0 heterocycles. The standard InChI is InChI=1S/C14H23NO2S/c1-5-15-11(3)14-12(17-4)7-6-8-13(14)18-10(2)9-16/h6-8,10-11,15-16H,5,9H2,1-4H3. The predicted molar refractivity (Wildman–Crippen MR) is 77.5 cm³/mol. The topological polar surface area (TPSA) is 41.5 Å². The van der Waals surface area contributed by atoms with E-state index in [9.17, 15) is 5.11 Å². The fourth-order valence-electron chi connectivity index (χ4n) is 1.89. The van der Waals surface area contributed by atoms with Gasteiger partial charge in [0.1, 0.15) is 5.75 Å². The van der Waals surface area contributed by atoms with E-state index in [1.54, 1.807) is 18.9 Å². The van der Waals surface area contributed by atoms with Gasteiger partial charge in [-0.05, 0) is 25.6 Å². The SMILES string of the molecule is CCNC(C)c1c(OC)cccc1SC(C)CO. The van der Waals surface area contributed by atoms with E-state index in [4.69, 9.17) is 4.74 Å². The molecule has 4 heteroatoms. The largest absolute Gasteiger partial charge is 0.496 e. The first-order valence-electron chi connectivity index (χ1n) is 6.31. The first kappa shape index (κ1) is 15.3. The molecule has 0 saturated carbocycles. The van der Waals surface area contributed by atoms with E-state index in [1.807, 2.05) is 19.1 Å². The lowest BCUT2D eigenvalue weighted by Crippen LogP contribution is -2.19. The molecule has 1 rings (SSSR count). The third-order valence-corrected chi connectivity index (χ3v) is 3.94. The normalized spacial score (nSPS) is 14.3. The summed E-state index contributed by atoms with van der Waals surface area (Å²) in [7, 11) is 1.70. The van der Waals surface area contributed by atoms with Gasteiger partial charge in [0.05, 0.1) is 13.7 Å². The van der Waals surface area contributed by atoms with Crippen molar-refractivity contribution in [3.8, 4) is 5.75 Å². The summed E-state index contributed by atoms with van der Waals surface area (Å²) in [5.74, 6) is 0.901. The Kier molecular flexibility index (Phi) is 6.54. The van der Waals surface area contributed by atoms with Crippen molar-refractivity contribution in [2.24, 2.45) is 0 Å². The molecule has 2 unspecified atom stereocenters. The Labute approximate surface area is 114 Å². The molecule has 0 bridgehead atoms. The van der Waals surface area contributed by atoms with Gasteiger partial charge in [-0.15, -0.1) is 11.8 Å². The molecule has 0 saturated heterocycles. The van der Waals surface area contributed by atoms with E-state index in [0.29, 0.717) is 0 Å². The van der Waals surface area contributed by atoms with Crippen LogP contribution in [-0.4, -0.2) is 30.6 Å². The zero-order chi connectivity index (χ0) is 13.5. The summed E-state index contributed by atoms with van der Waals surface area (Å²) in [6, 6.07) is 6.30. The molecule has 0 radical (unpaired) electrons. The predicted octanol–water partition coefficient (Wildman–Crippen LogP) is 2.84. The summed E-state index contributed by atoms with van der Waals surface area (Å²) in [5, 5.41) is 12.8. The van der Waals surface area contributed by atoms with Crippen LogP contribution in [0.1, 0.15) is 32.4 Å². The van der Waals surface area contributed by atoms with Gasteiger partial charge in [0.2, 0.25) is 0 Å². The second kappa shape index (κ2) is 7.67. The maximum Gasteiger partial charge on any atom is 0.124 e. The van der Waals surface area contributed by atoms with Gasteiger partial charge in [-0.2, -0.15) is 0 Å². The number of aliphatic hydroxyl groups is 1. The molecule has 0 fully saturated rings. The van der Waals surface area contributed by atoms with Crippen molar-refractivity contribution < 1.29 is 9.84 Å². The maximum absolute atomic E-state index is 9.19. The van der Waals surface area contributed by atoms with E-state index in [2.05, 4.69) is 25.2 Å². The number of thioether (sulfide) groups is 1. The Morgan fingerprint density at radius 3 is 2.67 bits per heavy atom. The van der Waals surface area contributed by atoms with Crippen molar-refractivity contribution in [1.29, 1.82) is 0 Å². The molecule has 0 aromatic heterocycles. The Morgan fingerprint density at radius 1 is 1.39 bits per heavy atom. The molecular weight excluding hydrogens is 246 g/mol. The summed E-state index contributed by atoms with van der Waals surface area (Å²) >= 11 is 1.68. The fraction of sp³-hybridized carbons (Fsp3) is 0.571. The van der Waals surface area contributed by atoms with Gasteiger partial charge >= 0.3 is 0 Å². The summed E-state index contributed by atoms with van der Waals surface area (Å²) in [5.41, 5.74) is 1.17. The highest BCUT2D eigenvalue weighted by Gasteiger charge is 2.17. The van der Waals surface area contributed by atoms with Gasteiger partial charge < -0.3 is 15.2 Å². The third kappa shape index (κ3) is 3.90. The Balaban J connectivity index is 3.07. The lowest BCUT2D eigenvalue weighted by atomic mass is 10.1. The van der Waals surface area contributed by atoms with E-state index in [-0.39, 0.29) is 17.9 Å². The van der Waals surface area contributed by atoms with Gasteiger partial charge in [0.25, 0.3) is 0 Å². The molecule has 0 aliphatic rings. The number of hydrogen-bond acceptors (Lipinski definition) is 4.